The molecule has 1 fully saturated rings. The molecule has 9 nitrogen and oxygen atoms in total. The van der Waals surface area contributed by atoms with E-state index in [9.17, 15) is 8.42 Å². The summed E-state index contributed by atoms with van der Waals surface area (Å²) in [6.07, 6.45) is 0.778. The number of benzene rings is 3. The van der Waals surface area contributed by atoms with Gasteiger partial charge in [0.2, 0.25) is 10.0 Å². The van der Waals surface area contributed by atoms with Gasteiger partial charge in [-0.3, -0.25) is 4.90 Å². The van der Waals surface area contributed by atoms with E-state index < -0.39 is 10.0 Å². The molecule has 0 saturated carbocycles. The number of halogens is 1. The maximum absolute atomic E-state index is 13.2. The van der Waals surface area contributed by atoms with Crippen LogP contribution in [0.2, 0.25) is 5.02 Å². The maximum atomic E-state index is 13.2. The lowest BCUT2D eigenvalue weighted by molar-refractivity contribution is 0.141. The number of nitrogens with zero attached hydrogens (tertiary/aromatic N) is 4. The molecule has 4 aromatic rings. The summed E-state index contributed by atoms with van der Waals surface area (Å²) >= 11 is 5.95. The second kappa shape index (κ2) is 13.9. The van der Waals surface area contributed by atoms with Crippen LogP contribution in [0.1, 0.15) is 38.2 Å². The highest BCUT2D eigenvalue weighted by Crippen LogP contribution is 2.30. The minimum absolute atomic E-state index is 0.0922. The van der Waals surface area contributed by atoms with E-state index in [1.54, 1.807) is 24.3 Å². The Balaban J connectivity index is 1.27. The van der Waals surface area contributed by atoms with Gasteiger partial charge in [-0.25, -0.2) is 18.4 Å². The summed E-state index contributed by atoms with van der Waals surface area (Å²) in [6.45, 7) is 9.76. The largest absolute Gasteiger partial charge is 0.490 e. The Hall–Kier alpha value is -3.44. The minimum atomic E-state index is -3.58. The van der Waals surface area contributed by atoms with Crippen LogP contribution in [0.3, 0.4) is 0 Å². The number of aromatic nitrogens is 2. The molecule has 1 atom stereocenters. The predicted octanol–water partition coefficient (Wildman–Crippen LogP) is 5.80. The third kappa shape index (κ3) is 7.21. The Kier molecular flexibility index (Phi) is 10.0. The Labute approximate surface area is 258 Å². The number of hydrogen-bond acceptors (Lipinski definition) is 8. The molecular weight excluding hydrogens is 586 g/mol. The van der Waals surface area contributed by atoms with Crippen LogP contribution in [0.25, 0.3) is 10.9 Å². The van der Waals surface area contributed by atoms with Gasteiger partial charge in [0.15, 0.2) is 11.5 Å². The van der Waals surface area contributed by atoms with Crippen LogP contribution < -0.4 is 14.8 Å². The van der Waals surface area contributed by atoms with E-state index in [4.69, 9.17) is 31.0 Å². The van der Waals surface area contributed by atoms with Crippen LogP contribution >= 0.6 is 11.6 Å². The topological polar surface area (TPSA) is 96.9 Å². The average molecular weight is 624 g/mol. The standard InChI is InChI=1S/C32H38ClN5O4S/c1-4-41-29-15-10-24(22-30(29)42-5-2)16-17-34-32-27-8-6-7-9-28(27)35-31(36-32)23(3)37-18-20-38(21-19-37)43(39,40)26-13-11-25(33)12-14-26/h6-15,22-23H,4-5,16-21H2,1-3H3,(H,34,35,36). The van der Waals surface area contributed by atoms with Gasteiger partial charge in [-0.05, 0) is 81.3 Å². The van der Waals surface area contributed by atoms with E-state index in [-0.39, 0.29) is 10.9 Å². The van der Waals surface area contributed by atoms with Gasteiger partial charge in [-0.2, -0.15) is 4.31 Å². The van der Waals surface area contributed by atoms with E-state index >= 15 is 0 Å². The molecule has 5 rings (SSSR count). The first-order chi connectivity index (χ1) is 20.8. The molecule has 1 aliphatic heterocycles. The van der Waals surface area contributed by atoms with Gasteiger partial charge in [-0.1, -0.05) is 29.8 Å². The summed E-state index contributed by atoms with van der Waals surface area (Å²) in [5.41, 5.74) is 2.00. The lowest BCUT2D eigenvalue weighted by Gasteiger charge is -2.36. The molecule has 0 bridgehead atoms. The number of nitrogens with one attached hydrogen (secondary N) is 1. The number of sulfonamides is 1. The van der Waals surface area contributed by atoms with Crippen molar-refractivity contribution in [1.82, 2.24) is 19.2 Å². The highest BCUT2D eigenvalue weighted by molar-refractivity contribution is 7.89. The van der Waals surface area contributed by atoms with Crippen molar-refractivity contribution in [3.8, 4) is 11.5 Å². The van der Waals surface area contributed by atoms with Crippen molar-refractivity contribution in [2.45, 2.75) is 38.1 Å². The molecule has 0 aliphatic carbocycles. The molecule has 3 aromatic carbocycles. The predicted molar refractivity (Wildman–Crippen MR) is 171 cm³/mol. The highest BCUT2D eigenvalue weighted by Gasteiger charge is 2.31. The van der Waals surface area contributed by atoms with Gasteiger partial charge in [0.1, 0.15) is 11.6 Å². The third-order valence-corrected chi connectivity index (χ3v) is 9.75. The zero-order chi connectivity index (χ0) is 30.4. The van der Waals surface area contributed by atoms with Crippen LogP contribution in [0.5, 0.6) is 11.5 Å². The second-order valence-corrected chi connectivity index (χ2v) is 12.7. The first kappa shape index (κ1) is 31.0. The minimum Gasteiger partial charge on any atom is -0.490 e. The number of anilines is 1. The lowest BCUT2D eigenvalue weighted by Crippen LogP contribution is -2.49. The maximum Gasteiger partial charge on any atom is 0.243 e. The molecule has 1 aromatic heterocycles. The summed E-state index contributed by atoms with van der Waals surface area (Å²) in [4.78, 5) is 12.3. The zero-order valence-corrected chi connectivity index (χ0v) is 26.4. The summed E-state index contributed by atoms with van der Waals surface area (Å²) in [6, 6.07) is 20.3. The van der Waals surface area contributed by atoms with Gasteiger partial charge in [0, 0.05) is 43.1 Å². The highest BCUT2D eigenvalue weighted by atomic mass is 35.5. The smallest absolute Gasteiger partial charge is 0.243 e. The summed E-state index contributed by atoms with van der Waals surface area (Å²) < 4.78 is 39.3. The van der Waals surface area contributed by atoms with Crippen molar-refractivity contribution in [3.05, 3.63) is 83.1 Å². The van der Waals surface area contributed by atoms with Crippen molar-refractivity contribution in [2.75, 3.05) is 51.3 Å². The Morgan fingerprint density at radius 2 is 1.60 bits per heavy atom. The van der Waals surface area contributed by atoms with Gasteiger partial charge in [0.05, 0.1) is 29.7 Å². The number of piperazine rings is 1. The molecule has 1 unspecified atom stereocenters. The van der Waals surface area contributed by atoms with Crippen LogP contribution in [0, 0.1) is 0 Å². The van der Waals surface area contributed by atoms with Crippen LogP contribution in [-0.2, 0) is 16.4 Å². The van der Waals surface area contributed by atoms with Gasteiger partial charge >= 0.3 is 0 Å². The SMILES string of the molecule is CCOc1ccc(CCNc2nc(C(C)N3CCN(S(=O)(=O)c4ccc(Cl)cc4)CC3)nc3ccccc23)cc1OCC. The third-order valence-electron chi connectivity index (χ3n) is 7.58. The van der Waals surface area contributed by atoms with Crippen molar-refractivity contribution in [3.63, 3.8) is 0 Å². The fraction of sp³-hybridized carbons (Fsp3) is 0.375. The number of para-hydroxylation sites is 1. The number of hydrogen-bond donors (Lipinski definition) is 1. The number of ether oxygens (including phenoxy) is 2. The molecule has 11 heteroatoms. The van der Waals surface area contributed by atoms with Crippen molar-refractivity contribution in [2.24, 2.45) is 0 Å². The average Bonchev–Trinajstić information content (AvgIpc) is 3.02. The number of fused-ring (bicyclic) bond motifs is 1. The first-order valence-electron chi connectivity index (χ1n) is 14.7. The van der Waals surface area contributed by atoms with Crippen LogP contribution in [-0.4, -0.2) is 73.5 Å². The summed E-state index contributed by atoms with van der Waals surface area (Å²) in [5, 5.41) is 5.00. The first-order valence-corrected chi connectivity index (χ1v) is 16.5. The molecular formula is C32H38ClN5O4S. The molecule has 1 saturated heterocycles. The van der Waals surface area contributed by atoms with Crippen molar-refractivity contribution in [1.29, 1.82) is 0 Å². The van der Waals surface area contributed by atoms with E-state index in [0.29, 0.717) is 56.8 Å². The number of rotatable bonds is 12. The second-order valence-electron chi connectivity index (χ2n) is 10.3. The Morgan fingerprint density at radius 1 is 0.907 bits per heavy atom. The van der Waals surface area contributed by atoms with Crippen molar-refractivity contribution >= 4 is 38.3 Å². The lowest BCUT2D eigenvalue weighted by atomic mass is 10.1. The molecule has 2 heterocycles. The molecule has 228 valence electrons. The quantitative estimate of drug-likeness (QED) is 0.211. The summed E-state index contributed by atoms with van der Waals surface area (Å²) in [5.74, 6) is 3.00. The fourth-order valence-corrected chi connectivity index (χ4v) is 6.79. The molecule has 43 heavy (non-hydrogen) atoms. The molecule has 0 radical (unpaired) electrons. The van der Waals surface area contributed by atoms with Crippen LogP contribution in [0.15, 0.2) is 71.6 Å². The Bertz CT molecular complexity index is 1640. The van der Waals surface area contributed by atoms with Gasteiger partial charge in [0.25, 0.3) is 0 Å². The van der Waals surface area contributed by atoms with Crippen LogP contribution in [0.4, 0.5) is 5.82 Å². The molecule has 1 N–H and O–H groups in total. The molecule has 0 amide bonds. The monoisotopic (exact) mass is 623 g/mol. The fourth-order valence-electron chi connectivity index (χ4n) is 5.24. The normalized spacial score (nSPS) is 15.3. The van der Waals surface area contributed by atoms with E-state index in [1.807, 2.05) is 50.2 Å². The summed E-state index contributed by atoms with van der Waals surface area (Å²) in [7, 11) is -3.58. The van der Waals surface area contributed by atoms with E-state index in [1.165, 1.54) is 4.31 Å². The van der Waals surface area contributed by atoms with E-state index in [2.05, 4.69) is 23.2 Å². The Morgan fingerprint density at radius 3 is 2.33 bits per heavy atom. The van der Waals surface area contributed by atoms with E-state index in [0.717, 1.165) is 40.2 Å². The van der Waals surface area contributed by atoms with Crippen molar-refractivity contribution < 1.29 is 17.9 Å². The van der Waals surface area contributed by atoms with Gasteiger partial charge in [-0.15, -0.1) is 0 Å². The zero-order valence-electron chi connectivity index (χ0n) is 24.8. The van der Waals surface area contributed by atoms with Gasteiger partial charge < -0.3 is 14.8 Å². The molecule has 1 aliphatic rings. The molecule has 0 spiro atoms.